The molecule has 0 nitrogen and oxygen atoms in total. The second-order valence-electron chi connectivity index (χ2n) is 8.93. The maximum atomic E-state index is 2.35. The van der Waals surface area contributed by atoms with Crippen molar-refractivity contribution < 1.29 is 0 Å². The lowest BCUT2D eigenvalue weighted by atomic mass is 9.65. The third-order valence-electron chi connectivity index (χ3n) is 7.44. The van der Waals surface area contributed by atoms with Crippen LogP contribution < -0.4 is 0 Å². The van der Waals surface area contributed by atoms with Crippen molar-refractivity contribution in [3.8, 4) is 33.4 Å². The van der Waals surface area contributed by atoms with E-state index >= 15 is 0 Å². The van der Waals surface area contributed by atoms with Crippen LogP contribution in [-0.2, 0) is 5.41 Å². The first kappa shape index (κ1) is 17.7. The summed E-state index contributed by atoms with van der Waals surface area (Å²) in [5.74, 6) is 0. The monoisotopic (exact) mass is 406 g/mol. The first-order chi connectivity index (χ1) is 15.8. The number of rotatable bonds is 0. The van der Waals surface area contributed by atoms with Crippen molar-refractivity contribution in [2.45, 2.75) is 12.3 Å². The Labute approximate surface area is 188 Å². The fourth-order valence-corrected chi connectivity index (χ4v) is 6.32. The zero-order valence-corrected chi connectivity index (χ0v) is 18.0. The standard InChI is InChI=1S/C32H22/c1-21-11-10-17-27-26-16-6-9-20-30(26)32(31(21)27)28-18-7-4-14-24(28)22-12-2-3-13-23(22)25-15-5-8-19-29(25)32/h2-20H,1H3. The van der Waals surface area contributed by atoms with Crippen LogP contribution in [0, 0.1) is 6.92 Å². The van der Waals surface area contributed by atoms with E-state index in [2.05, 4.69) is 122 Å². The molecule has 0 bridgehead atoms. The van der Waals surface area contributed by atoms with Gasteiger partial charge in [0.1, 0.15) is 0 Å². The first-order valence-corrected chi connectivity index (χ1v) is 11.3. The Morgan fingerprint density at radius 1 is 0.375 bits per heavy atom. The number of aryl methyl sites for hydroxylation is 1. The van der Waals surface area contributed by atoms with E-state index in [1.165, 1.54) is 61.2 Å². The van der Waals surface area contributed by atoms with Gasteiger partial charge in [-0.3, -0.25) is 0 Å². The maximum Gasteiger partial charge on any atom is 0.0728 e. The van der Waals surface area contributed by atoms with Crippen molar-refractivity contribution in [2.75, 3.05) is 0 Å². The van der Waals surface area contributed by atoms with Gasteiger partial charge in [0.05, 0.1) is 5.41 Å². The molecule has 7 rings (SSSR count). The Balaban J connectivity index is 1.80. The van der Waals surface area contributed by atoms with Gasteiger partial charge in [-0.1, -0.05) is 115 Å². The topological polar surface area (TPSA) is 0 Å². The quantitative estimate of drug-likeness (QED) is 0.239. The van der Waals surface area contributed by atoms with Crippen molar-refractivity contribution in [1.82, 2.24) is 0 Å². The molecule has 0 heterocycles. The predicted octanol–water partition coefficient (Wildman–Crippen LogP) is 8.01. The molecular formula is C32H22. The van der Waals surface area contributed by atoms with Crippen LogP contribution >= 0.6 is 0 Å². The minimum Gasteiger partial charge on any atom is -0.0619 e. The third kappa shape index (κ3) is 2.03. The van der Waals surface area contributed by atoms with E-state index in [0.717, 1.165) is 0 Å². The molecule has 2 aliphatic rings. The summed E-state index contributed by atoms with van der Waals surface area (Å²) in [5, 5.41) is 0. The molecule has 0 aromatic heterocycles. The van der Waals surface area contributed by atoms with E-state index in [-0.39, 0.29) is 5.41 Å². The fourth-order valence-electron chi connectivity index (χ4n) is 6.32. The molecule has 0 aliphatic heterocycles. The highest BCUT2D eigenvalue weighted by molar-refractivity contribution is 5.97. The predicted molar refractivity (Wildman–Crippen MR) is 133 cm³/mol. The molecule has 5 aromatic carbocycles. The molecular weight excluding hydrogens is 384 g/mol. The Hall–Kier alpha value is -3.90. The van der Waals surface area contributed by atoms with Gasteiger partial charge in [-0.15, -0.1) is 0 Å². The molecule has 1 spiro atoms. The van der Waals surface area contributed by atoms with Crippen LogP contribution in [0.2, 0.25) is 0 Å². The van der Waals surface area contributed by atoms with Gasteiger partial charge in [0.15, 0.2) is 0 Å². The summed E-state index contributed by atoms with van der Waals surface area (Å²) in [5.41, 5.74) is 14.5. The summed E-state index contributed by atoms with van der Waals surface area (Å²) < 4.78 is 0. The largest absolute Gasteiger partial charge is 0.0728 e. The van der Waals surface area contributed by atoms with Crippen molar-refractivity contribution >= 4 is 0 Å². The van der Waals surface area contributed by atoms with E-state index in [4.69, 9.17) is 0 Å². The molecule has 0 atom stereocenters. The average Bonchev–Trinajstić information content (AvgIpc) is 3.11. The summed E-state index contributed by atoms with van der Waals surface area (Å²) >= 11 is 0. The highest BCUT2D eigenvalue weighted by Crippen LogP contribution is 2.61. The number of hydrogen-bond donors (Lipinski definition) is 0. The summed E-state index contributed by atoms with van der Waals surface area (Å²) in [6.45, 7) is 2.27. The Morgan fingerprint density at radius 3 is 1.25 bits per heavy atom. The Kier molecular flexibility index (Phi) is 3.50. The molecule has 0 heteroatoms. The second-order valence-corrected chi connectivity index (χ2v) is 8.93. The molecule has 0 saturated heterocycles. The van der Waals surface area contributed by atoms with Gasteiger partial charge in [-0.25, -0.2) is 0 Å². The molecule has 0 saturated carbocycles. The van der Waals surface area contributed by atoms with Crippen LogP contribution in [0.25, 0.3) is 33.4 Å². The summed E-state index contributed by atoms with van der Waals surface area (Å²) in [7, 11) is 0. The van der Waals surface area contributed by atoms with E-state index in [1.54, 1.807) is 0 Å². The molecule has 32 heavy (non-hydrogen) atoms. The molecule has 0 radical (unpaired) electrons. The Bertz CT molecular complexity index is 1470. The van der Waals surface area contributed by atoms with Crippen LogP contribution in [0.5, 0.6) is 0 Å². The lowest BCUT2D eigenvalue weighted by molar-refractivity contribution is 0.768. The first-order valence-electron chi connectivity index (χ1n) is 11.3. The van der Waals surface area contributed by atoms with Crippen molar-refractivity contribution in [3.05, 3.63) is 143 Å². The van der Waals surface area contributed by atoms with Crippen molar-refractivity contribution in [3.63, 3.8) is 0 Å². The SMILES string of the molecule is Cc1cccc2c1C1(c3ccccc3-c3ccccc3-c3ccccc31)c1ccccc1-2. The molecule has 0 fully saturated rings. The summed E-state index contributed by atoms with van der Waals surface area (Å²) in [6.07, 6.45) is 0. The zero-order valence-electron chi connectivity index (χ0n) is 18.0. The highest BCUT2D eigenvalue weighted by Gasteiger charge is 2.50. The fraction of sp³-hybridized carbons (Fsp3) is 0.0625. The lowest BCUT2D eigenvalue weighted by Crippen LogP contribution is -2.30. The number of hydrogen-bond acceptors (Lipinski definition) is 0. The van der Waals surface area contributed by atoms with Gasteiger partial charge < -0.3 is 0 Å². The van der Waals surface area contributed by atoms with Crippen LogP contribution in [-0.4, -0.2) is 0 Å². The van der Waals surface area contributed by atoms with Gasteiger partial charge in [0.2, 0.25) is 0 Å². The number of benzene rings is 5. The molecule has 2 aliphatic carbocycles. The Morgan fingerprint density at radius 2 is 0.750 bits per heavy atom. The van der Waals surface area contributed by atoms with Gasteiger partial charge >= 0.3 is 0 Å². The number of fused-ring (bicyclic) bond motifs is 12. The lowest BCUT2D eigenvalue weighted by Gasteiger charge is -2.36. The minimum absolute atomic E-state index is 0.344. The van der Waals surface area contributed by atoms with Crippen molar-refractivity contribution in [2.24, 2.45) is 0 Å². The van der Waals surface area contributed by atoms with Gasteiger partial charge in [0, 0.05) is 0 Å². The van der Waals surface area contributed by atoms with Crippen LogP contribution in [0.4, 0.5) is 0 Å². The summed E-state index contributed by atoms with van der Waals surface area (Å²) in [4.78, 5) is 0. The molecule has 0 unspecified atom stereocenters. The van der Waals surface area contributed by atoms with E-state index in [0.29, 0.717) is 0 Å². The van der Waals surface area contributed by atoms with E-state index in [1.807, 2.05) is 0 Å². The molecule has 5 aromatic rings. The average molecular weight is 407 g/mol. The zero-order chi connectivity index (χ0) is 21.3. The molecule has 150 valence electrons. The van der Waals surface area contributed by atoms with Gasteiger partial charge in [0.25, 0.3) is 0 Å². The highest BCUT2D eigenvalue weighted by atomic mass is 14.5. The smallest absolute Gasteiger partial charge is 0.0619 e. The van der Waals surface area contributed by atoms with E-state index in [9.17, 15) is 0 Å². The van der Waals surface area contributed by atoms with Crippen molar-refractivity contribution in [1.29, 1.82) is 0 Å². The maximum absolute atomic E-state index is 2.35. The van der Waals surface area contributed by atoms with E-state index < -0.39 is 0 Å². The van der Waals surface area contributed by atoms with Gasteiger partial charge in [-0.05, 0) is 68.1 Å². The normalized spacial score (nSPS) is 14.0. The molecule has 0 N–H and O–H groups in total. The summed E-state index contributed by atoms with van der Waals surface area (Å²) in [6, 6.07) is 42.8. The molecule has 0 amide bonds. The second kappa shape index (κ2) is 6.31. The van der Waals surface area contributed by atoms with Crippen LogP contribution in [0.15, 0.2) is 115 Å². The van der Waals surface area contributed by atoms with Crippen LogP contribution in [0.3, 0.4) is 0 Å². The minimum atomic E-state index is -0.344. The third-order valence-corrected chi connectivity index (χ3v) is 7.44. The van der Waals surface area contributed by atoms with Crippen LogP contribution in [0.1, 0.15) is 27.8 Å². The van der Waals surface area contributed by atoms with Gasteiger partial charge in [-0.2, -0.15) is 0 Å².